The summed E-state index contributed by atoms with van der Waals surface area (Å²) in [5, 5.41) is 0. The van der Waals surface area contributed by atoms with E-state index >= 15 is 0 Å². The second-order valence-electron chi connectivity index (χ2n) is 4.53. The molecule has 1 aromatic heterocycles. The van der Waals surface area contributed by atoms with Gasteiger partial charge in [-0.15, -0.1) is 0 Å². The summed E-state index contributed by atoms with van der Waals surface area (Å²) in [7, 11) is 1.99. The molecule has 2 rings (SSSR count). The Hall–Kier alpha value is -1.97. The van der Waals surface area contributed by atoms with Crippen LogP contribution in [0, 0.1) is 13.8 Å². The largest absolute Gasteiger partial charge is 0.493 e. The summed E-state index contributed by atoms with van der Waals surface area (Å²) >= 11 is 0. The van der Waals surface area contributed by atoms with E-state index in [1.54, 1.807) is 6.20 Å². The van der Waals surface area contributed by atoms with Crippen LogP contribution in [-0.4, -0.2) is 16.2 Å². The highest BCUT2D eigenvalue weighted by Gasteiger charge is 2.04. The van der Waals surface area contributed by atoms with E-state index in [9.17, 15) is 0 Å². The first-order valence-electron chi connectivity index (χ1n) is 6.03. The van der Waals surface area contributed by atoms with Crippen molar-refractivity contribution >= 4 is 5.69 Å². The molecule has 0 bridgehead atoms. The third kappa shape index (κ3) is 2.64. The van der Waals surface area contributed by atoms with E-state index in [1.165, 1.54) is 0 Å². The maximum atomic E-state index is 5.85. The molecule has 0 spiro atoms. The fourth-order valence-corrected chi connectivity index (χ4v) is 1.86. The first-order valence-corrected chi connectivity index (χ1v) is 6.03. The lowest BCUT2D eigenvalue weighted by atomic mass is 10.1. The highest BCUT2D eigenvalue weighted by Crippen LogP contribution is 2.24. The van der Waals surface area contributed by atoms with Gasteiger partial charge in [-0.25, -0.2) is 4.98 Å². The summed E-state index contributed by atoms with van der Waals surface area (Å²) in [5.74, 6) is 1.93. The van der Waals surface area contributed by atoms with Crippen LogP contribution in [0.5, 0.6) is 5.75 Å². The Labute approximate surface area is 107 Å². The normalized spacial score (nSPS) is 10.6. The van der Waals surface area contributed by atoms with Crippen LogP contribution in [0.25, 0.3) is 0 Å². The molecule has 0 atom stereocenters. The van der Waals surface area contributed by atoms with Crippen molar-refractivity contribution in [1.29, 1.82) is 0 Å². The molecule has 0 aliphatic carbocycles. The smallest absolute Gasteiger partial charge is 0.122 e. The molecule has 2 aromatic rings. The minimum absolute atomic E-state index is 0.620. The number of aryl methyl sites for hydroxylation is 3. The molecule has 0 aliphatic rings. The van der Waals surface area contributed by atoms with Gasteiger partial charge < -0.3 is 15.0 Å². The topological polar surface area (TPSA) is 53.1 Å². The van der Waals surface area contributed by atoms with E-state index in [1.807, 2.05) is 43.8 Å². The summed E-state index contributed by atoms with van der Waals surface area (Å²) in [5.41, 5.74) is 8.77. The number of nitrogens with zero attached hydrogens (tertiary/aromatic N) is 2. The van der Waals surface area contributed by atoms with Gasteiger partial charge in [-0.3, -0.25) is 0 Å². The van der Waals surface area contributed by atoms with Crippen molar-refractivity contribution in [3.63, 3.8) is 0 Å². The molecule has 4 nitrogen and oxygen atoms in total. The predicted molar refractivity (Wildman–Crippen MR) is 72.7 cm³/mol. The summed E-state index contributed by atoms with van der Waals surface area (Å²) in [6, 6.07) is 3.94. The maximum Gasteiger partial charge on any atom is 0.122 e. The monoisotopic (exact) mass is 245 g/mol. The van der Waals surface area contributed by atoms with E-state index in [-0.39, 0.29) is 0 Å². The number of anilines is 1. The van der Waals surface area contributed by atoms with Crippen molar-refractivity contribution in [2.75, 3.05) is 12.3 Å². The van der Waals surface area contributed by atoms with Crippen LogP contribution in [0.1, 0.15) is 17.0 Å². The first kappa shape index (κ1) is 12.5. The number of benzene rings is 1. The second kappa shape index (κ2) is 5.12. The zero-order valence-corrected chi connectivity index (χ0v) is 11.1. The van der Waals surface area contributed by atoms with Crippen LogP contribution in [0.3, 0.4) is 0 Å². The fraction of sp³-hybridized carbons (Fsp3) is 0.357. The number of ether oxygens (including phenoxy) is 1. The number of imidazole rings is 1. The Morgan fingerprint density at radius 1 is 1.28 bits per heavy atom. The van der Waals surface area contributed by atoms with Crippen molar-refractivity contribution in [1.82, 2.24) is 9.55 Å². The van der Waals surface area contributed by atoms with Gasteiger partial charge in [0.2, 0.25) is 0 Å². The van der Waals surface area contributed by atoms with E-state index in [0.29, 0.717) is 6.61 Å². The minimum atomic E-state index is 0.620. The highest BCUT2D eigenvalue weighted by molar-refractivity contribution is 5.53. The Morgan fingerprint density at radius 3 is 2.72 bits per heavy atom. The van der Waals surface area contributed by atoms with Gasteiger partial charge in [-0.2, -0.15) is 0 Å². The van der Waals surface area contributed by atoms with E-state index < -0.39 is 0 Å². The molecule has 0 radical (unpaired) electrons. The van der Waals surface area contributed by atoms with E-state index in [2.05, 4.69) is 4.98 Å². The Balaban J connectivity index is 1.99. The summed E-state index contributed by atoms with van der Waals surface area (Å²) in [6.07, 6.45) is 4.54. The molecule has 1 aromatic carbocycles. The van der Waals surface area contributed by atoms with Crippen molar-refractivity contribution < 1.29 is 4.74 Å². The average molecular weight is 245 g/mol. The van der Waals surface area contributed by atoms with Crippen molar-refractivity contribution in [2.45, 2.75) is 20.3 Å². The lowest BCUT2D eigenvalue weighted by molar-refractivity contribution is 0.315. The molecular formula is C14H19N3O. The van der Waals surface area contributed by atoms with Crippen LogP contribution in [0.15, 0.2) is 24.5 Å². The van der Waals surface area contributed by atoms with Gasteiger partial charge in [-0.05, 0) is 37.1 Å². The lowest BCUT2D eigenvalue weighted by Gasteiger charge is -2.11. The molecule has 0 fully saturated rings. The molecule has 0 amide bonds. The number of aromatic nitrogens is 2. The number of nitrogen functional groups attached to an aromatic ring is 1. The third-order valence-electron chi connectivity index (χ3n) is 3.07. The molecular weight excluding hydrogens is 226 g/mol. The second-order valence-corrected chi connectivity index (χ2v) is 4.53. The predicted octanol–water partition coefficient (Wildman–Crippen LogP) is 2.24. The summed E-state index contributed by atoms with van der Waals surface area (Å²) in [4.78, 5) is 4.26. The van der Waals surface area contributed by atoms with Gasteiger partial charge in [0, 0.05) is 31.5 Å². The van der Waals surface area contributed by atoms with Crippen molar-refractivity contribution in [3.8, 4) is 5.75 Å². The van der Waals surface area contributed by atoms with Gasteiger partial charge in [0.15, 0.2) is 0 Å². The molecule has 0 saturated carbocycles. The molecule has 1 heterocycles. The number of hydrogen-bond donors (Lipinski definition) is 1. The molecule has 96 valence electrons. The molecule has 0 saturated heterocycles. The molecule has 2 N–H and O–H groups in total. The Bertz CT molecular complexity index is 546. The van der Waals surface area contributed by atoms with Crippen LogP contribution in [0.4, 0.5) is 5.69 Å². The van der Waals surface area contributed by atoms with Gasteiger partial charge in [0.1, 0.15) is 11.6 Å². The molecule has 4 heteroatoms. The first-order chi connectivity index (χ1) is 8.58. The van der Waals surface area contributed by atoms with Crippen LogP contribution < -0.4 is 10.5 Å². The quantitative estimate of drug-likeness (QED) is 0.840. The molecule has 0 unspecified atom stereocenters. The Kier molecular flexibility index (Phi) is 3.55. The maximum absolute atomic E-state index is 5.85. The zero-order valence-electron chi connectivity index (χ0n) is 11.1. The van der Waals surface area contributed by atoms with Crippen molar-refractivity contribution in [2.24, 2.45) is 7.05 Å². The van der Waals surface area contributed by atoms with Gasteiger partial charge in [0.25, 0.3) is 0 Å². The lowest BCUT2D eigenvalue weighted by Crippen LogP contribution is -2.07. The summed E-state index contributed by atoms with van der Waals surface area (Å²) in [6.45, 7) is 4.61. The van der Waals surface area contributed by atoms with Crippen molar-refractivity contribution in [3.05, 3.63) is 41.5 Å². The minimum Gasteiger partial charge on any atom is -0.493 e. The number of nitrogens with two attached hydrogens (primary N) is 1. The molecule has 18 heavy (non-hydrogen) atoms. The van der Waals surface area contributed by atoms with Crippen LogP contribution in [-0.2, 0) is 13.5 Å². The van der Waals surface area contributed by atoms with Gasteiger partial charge >= 0.3 is 0 Å². The van der Waals surface area contributed by atoms with Gasteiger partial charge in [-0.1, -0.05) is 0 Å². The number of rotatable bonds is 4. The Morgan fingerprint density at radius 2 is 2.06 bits per heavy atom. The fourth-order valence-electron chi connectivity index (χ4n) is 1.86. The van der Waals surface area contributed by atoms with E-state index in [4.69, 9.17) is 10.5 Å². The van der Waals surface area contributed by atoms with Crippen LogP contribution in [0.2, 0.25) is 0 Å². The zero-order chi connectivity index (χ0) is 13.1. The van der Waals surface area contributed by atoms with Gasteiger partial charge in [0.05, 0.1) is 6.61 Å². The standard InChI is InChI=1S/C14H19N3O/c1-10-9-13(11(2)8-12(10)15)18-7-4-14-16-5-6-17(14)3/h5-6,8-9H,4,7,15H2,1-3H3. The van der Waals surface area contributed by atoms with E-state index in [0.717, 1.165) is 34.8 Å². The highest BCUT2D eigenvalue weighted by atomic mass is 16.5. The average Bonchev–Trinajstić information content (AvgIpc) is 2.72. The SMILES string of the molecule is Cc1cc(OCCc2nccn2C)c(C)cc1N. The molecule has 0 aliphatic heterocycles. The number of hydrogen-bond acceptors (Lipinski definition) is 3. The summed E-state index contributed by atoms with van der Waals surface area (Å²) < 4.78 is 7.80. The third-order valence-corrected chi connectivity index (χ3v) is 3.07. The van der Waals surface area contributed by atoms with Crippen LogP contribution >= 0.6 is 0 Å².